The van der Waals surface area contributed by atoms with Gasteiger partial charge >= 0.3 is 0 Å². The Balaban J connectivity index is 1.45. The van der Waals surface area contributed by atoms with Crippen LogP contribution in [0.5, 0.6) is 0 Å². The number of carbonyl (C=O) groups excluding carboxylic acids is 1. The largest absolute Gasteiger partial charge is 0.369 e. The van der Waals surface area contributed by atoms with Crippen LogP contribution in [0.4, 0.5) is 5.69 Å². The number of rotatable bonds is 6. The van der Waals surface area contributed by atoms with Crippen LogP contribution in [0, 0.1) is 22.7 Å². The molecule has 1 aromatic heterocycles. The molecule has 2 aliphatic carbocycles. The number of Topliss-reactive ketones (excluding diaryl/α,β-unsaturated/α-hetero) is 1. The van der Waals surface area contributed by atoms with E-state index in [1.807, 2.05) is 0 Å². The molecule has 0 amide bonds. The smallest absolute Gasteiger partial charge is 0.153 e. The summed E-state index contributed by atoms with van der Waals surface area (Å²) >= 11 is 1.75. The van der Waals surface area contributed by atoms with Crippen molar-refractivity contribution < 1.29 is 13.2 Å². The Morgan fingerprint density at radius 1 is 1.14 bits per heavy atom. The highest BCUT2D eigenvalue weighted by Crippen LogP contribution is 2.52. The fourth-order valence-electron chi connectivity index (χ4n) is 5.69. The van der Waals surface area contributed by atoms with Gasteiger partial charge in [-0.3, -0.25) is 4.79 Å². The van der Waals surface area contributed by atoms with E-state index in [9.17, 15) is 18.5 Å². The number of thiazole rings is 1. The van der Waals surface area contributed by atoms with Crippen molar-refractivity contribution in [3.05, 3.63) is 34.2 Å². The average Bonchev–Trinajstić information content (AvgIpc) is 3.49. The fourth-order valence-corrected chi connectivity index (χ4v) is 8.23. The first-order chi connectivity index (χ1) is 17.5. The summed E-state index contributed by atoms with van der Waals surface area (Å²) in [6.45, 7) is 7.59. The minimum atomic E-state index is -2.92. The summed E-state index contributed by atoms with van der Waals surface area (Å²) in [4.78, 5) is 22.0. The fraction of sp³-hybridized carbons (Fsp3) is 0.621. The molecule has 6 nitrogen and oxygen atoms in total. The number of hydrogen-bond acceptors (Lipinski definition) is 7. The van der Waals surface area contributed by atoms with Gasteiger partial charge in [0, 0.05) is 52.9 Å². The van der Waals surface area contributed by atoms with Crippen LogP contribution in [-0.2, 0) is 20.0 Å². The van der Waals surface area contributed by atoms with Crippen LogP contribution in [0.1, 0.15) is 81.5 Å². The van der Waals surface area contributed by atoms with Crippen LogP contribution in [0.3, 0.4) is 0 Å². The average molecular weight is 540 g/mol. The van der Waals surface area contributed by atoms with Gasteiger partial charge in [-0.2, -0.15) is 5.26 Å². The second-order valence-electron chi connectivity index (χ2n) is 12.2. The molecule has 2 aromatic rings. The number of benzene rings is 1. The number of hydrogen-bond donors (Lipinski definition) is 0. The maximum absolute atomic E-state index is 13.5. The Kier molecular flexibility index (Phi) is 6.99. The van der Waals surface area contributed by atoms with E-state index < -0.39 is 15.3 Å². The molecule has 3 fully saturated rings. The third kappa shape index (κ3) is 5.63. The van der Waals surface area contributed by atoms with Gasteiger partial charge in [-0.15, -0.1) is 11.3 Å². The number of sulfone groups is 1. The van der Waals surface area contributed by atoms with Crippen molar-refractivity contribution >= 4 is 32.6 Å². The molecule has 1 saturated heterocycles. The Morgan fingerprint density at radius 2 is 1.78 bits per heavy atom. The first kappa shape index (κ1) is 26.4. The molecule has 3 aliphatic rings. The maximum atomic E-state index is 13.5. The summed E-state index contributed by atoms with van der Waals surface area (Å²) < 4.78 is 23.7. The molecule has 2 heterocycles. The lowest BCUT2D eigenvalue weighted by Crippen LogP contribution is -2.40. The summed E-state index contributed by atoms with van der Waals surface area (Å²) in [6, 6.07) is 10.7. The van der Waals surface area contributed by atoms with Gasteiger partial charge in [-0.05, 0) is 37.8 Å². The third-order valence-corrected chi connectivity index (χ3v) is 11.5. The van der Waals surface area contributed by atoms with E-state index in [0.717, 1.165) is 60.5 Å². The SMILES string of the molecule is CC(C)(C)c1nc(-c2ccc(N3CCS(=O)(=O)CC3)cc2)c([C@@H]2CCCC[C@H]2C(=O)CC2(C#N)CC2)s1. The second-order valence-corrected chi connectivity index (χ2v) is 15.5. The first-order valence-electron chi connectivity index (χ1n) is 13.5. The zero-order chi connectivity index (χ0) is 26.4. The highest BCUT2D eigenvalue weighted by Gasteiger charge is 2.47. The summed E-state index contributed by atoms with van der Waals surface area (Å²) in [5.74, 6) is 0.761. The second kappa shape index (κ2) is 9.81. The molecule has 1 aliphatic heterocycles. The predicted octanol–water partition coefficient (Wildman–Crippen LogP) is 5.88. The van der Waals surface area contributed by atoms with E-state index in [1.54, 1.807) is 11.3 Å². The maximum Gasteiger partial charge on any atom is 0.153 e. The quantitative estimate of drug-likeness (QED) is 0.455. The molecule has 2 saturated carbocycles. The van der Waals surface area contributed by atoms with Gasteiger partial charge in [-0.25, -0.2) is 13.4 Å². The van der Waals surface area contributed by atoms with Gasteiger partial charge in [0.1, 0.15) is 5.78 Å². The summed E-state index contributed by atoms with van der Waals surface area (Å²) in [5.41, 5.74) is 2.56. The lowest BCUT2D eigenvalue weighted by molar-refractivity contribution is -0.125. The Morgan fingerprint density at radius 3 is 2.38 bits per heavy atom. The molecule has 0 bridgehead atoms. The molecular formula is C29H37N3O3S2. The summed E-state index contributed by atoms with van der Waals surface area (Å²) in [5, 5.41) is 10.7. The van der Waals surface area contributed by atoms with Crippen molar-refractivity contribution in [2.75, 3.05) is 29.5 Å². The lowest BCUT2D eigenvalue weighted by Gasteiger charge is -2.31. The molecule has 0 N–H and O–H groups in total. The zero-order valence-electron chi connectivity index (χ0n) is 22.1. The van der Waals surface area contributed by atoms with Crippen LogP contribution in [0.15, 0.2) is 24.3 Å². The number of anilines is 1. The Labute approximate surface area is 225 Å². The predicted molar refractivity (Wildman–Crippen MR) is 149 cm³/mol. The number of nitrogens with zero attached hydrogens (tertiary/aromatic N) is 3. The highest BCUT2D eigenvalue weighted by molar-refractivity contribution is 7.91. The van der Waals surface area contributed by atoms with E-state index in [0.29, 0.717) is 19.5 Å². The van der Waals surface area contributed by atoms with Crippen LogP contribution in [0.2, 0.25) is 0 Å². The monoisotopic (exact) mass is 539 g/mol. The molecule has 37 heavy (non-hydrogen) atoms. The van der Waals surface area contributed by atoms with Crippen LogP contribution >= 0.6 is 11.3 Å². The van der Waals surface area contributed by atoms with Gasteiger partial charge < -0.3 is 4.90 Å². The summed E-state index contributed by atoms with van der Waals surface area (Å²) in [7, 11) is -2.92. The molecule has 8 heteroatoms. The van der Waals surface area contributed by atoms with Crippen molar-refractivity contribution in [2.24, 2.45) is 11.3 Å². The van der Waals surface area contributed by atoms with E-state index in [2.05, 4.69) is 56.0 Å². The summed E-state index contributed by atoms with van der Waals surface area (Å²) in [6.07, 6.45) is 6.14. The van der Waals surface area contributed by atoms with Gasteiger partial charge in [0.05, 0.1) is 33.7 Å². The van der Waals surface area contributed by atoms with Gasteiger partial charge in [0.25, 0.3) is 0 Å². The molecular weight excluding hydrogens is 502 g/mol. The standard InChI is InChI=1S/C29H37N3O3S2/c1-28(2,3)27-31-25(20-8-10-21(11-9-20)32-14-16-37(34,35)17-15-32)26(36-27)23-7-5-4-6-22(23)24(33)18-29(19-30)12-13-29/h8-11,22-23H,4-7,12-18H2,1-3H3/t22-,23-/m1/s1. The van der Waals surface area contributed by atoms with E-state index >= 15 is 0 Å². The van der Waals surface area contributed by atoms with Crippen molar-refractivity contribution in [3.63, 3.8) is 0 Å². The molecule has 198 valence electrons. The van der Waals surface area contributed by atoms with Crippen LogP contribution in [-0.4, -0.2) is 43.8 Å². The van der Waals surface area contributed by atoms with Gasteiger partial charge in [-0.1, -0.05) is 45.7 Å². The number of nitriles is 1. The number of carbonyl (C=O) groups is 1. The topological polar surface area (TPSA) is 91.1 Å². The van der Waals surface area contributed by atoms with Gasteiger partial charge in [0.2, 0.25) is 0 Å². The lowest BCUT2D eigenvalue weighted by atomic mass is 9.73. The molecule has 5 rings (SSSR count). The van der Waals surface area contributed by atoms with Crippen molar-refractivity contribution in [3.8, 4) is 17.3 Å². The third-order valence-electron chi connectivity index (χ3n) is 8.26. The molecule has 0 radical (unpaired) electrons. The minimum Gasteiger partial charge on any atom is -0.369 e. The van der Waals surface area contributed by atoms with Crippen molar-refractivity contribution in [2.45, 2.75) is 77.0 Å². The zero-order valence-corrected chi connectivity index (χ0v) is 23.8. The normalized spacial score (nSPS) is 24.9. The minimum absolute atomic E-state index is 0.0406. The highest BCUT2D eigenvalue weighted by atomic mass is 32.2. The molecule has 0 spiro atoms. The Bertz CT molecular complexity index is 1300. The molecule has 2 atom stereocenters. The van der Waals surface area contributed by atoms with E-state index in [1.165, 1.54) is 4.88 Å². The number of ketones is 1. The van der Waals surface area contributed by atoms with Gasteiger partial charge in [0.15, 0.2) is 9.84 Å². The Hall–Kier alpha value is -2.24. The van der Waals surface area contributed by atoms with Crippen LogP contribution < -0.4 is 4.90 Å². The molecule has 1 aromatic carbocycles. The van der Waals surface area contributed by atoms with Crippen LogP contribution in [0.25, 0.3) is 11.3 Å². The number of aromatic nitrogens is 1. The van der Waals surface area contributed by atoms with E-state index in [-0.39, 0.29) is 34.5 Å². The van der Waals surface area contributed by atoms with Crippen molar-refractivity contribution in [1.82, 2.24) is 4.98 Å². The van der Waals surface area contributed by atoms with E-state index in [4.69, 9.17) is 4.98 Å². The molecule has 0 unspecified atom stereocenters. The van der Waals surface area contributed by atoms with Crippen molar-refractivity contribution in [1.29, 1.82) is 5.26 Å². The first-order valence-corrected chi connectivity index (χ1v) is 16.2.